The summed E-state index contributed by atoms with van der Waals surface area (Å²) in [5.41, 5.74) is 4.86. The van der Waals surface area contributed by atoms with Crippen molar-refractivity contribution in [3.63, 3.8) is 0 Å². The van der Waals surface area contributed by atoms with Gasteiger partial charge in [0.2, 0.25) is 5.71 Å². The minimum absolute atomic E-state index is 0.159. The molecule has 24 heavy (non-hydrogen) atoms. The summed E-state index contributed by atoms with van der Waals surface area (Å²) in [6, 6.07) is 4.10. The Hall–Kier alpha value is -2.29. The monoisotopic (exact) mass is 322 g/mol. The minimum Gasteiger partial charge on any atom is -0.482 e. The molecule has 1 aliphatic carbocycles. The summed E-state index contributed by atoms with van der Waals surface area (Å²) < 4.78 is 7.58. The van der Waals surface area contributed by atoms with Gasteiger partial charge in [0.25, 0.3) is 5.69 Å². The third-order valence-electron chi connectivity index (χ3n) is 5.28. The maximum Gasteiger partial charge on any atom is 0.276 e. The summed E-state index contributed by atoms with van der Waals surface area (Å²) >= 11 is 0. The van der Waals surface area contributed by atoms with E-state index in [2.05, 4.69) is 51.6 Å². The molecule has 4 rings (SSSR count). The number of rotatable bonds is 2. The van der Waals surface area contributed by atoms with Crippen molar-refractivity contribution < 1.29 is 14.7 Å². The quantitative estimate of drug-likeness (QED) is 0.466. The van der Waals surface area contributed by atoms with E-state index in [1.807, 2.05) is 12.1 Å². The SMILES string of the molecule is C=CCC1(C)C=Cc2c(ccc3c2[N+](O)=C2CCC(C)(C)C=C23)O1. The summed E-state index contributed by atoms with van der Waals surface area (Å²) in [7, 11) is 0. The smallest absolute Gasteiger partial charge is 0.276 e. The van der Waals surface area contributed by atoms with Gasteiger partial charge in [-0.25, -0.2) is 0 Å². The van der Waals surface area contributed by atoms with Gasteiger partial charge in [-0.1, -0.05) is 26.0 Å². The van der Waals surface area contributed by atoms with Crippen LogP contribution in [0.15, 0.2) is 36.9 Å². The fourth-order valence-corrected chi connectivity index (χ4v) is 3.94. The first-order chi connectivity index (χ1) is 11.3. The highest BCUT2D eigenvalue weighted by Gasteiger charge is 2.43. The van der Waals surface area contributed by atoms with Crippen molar-refractivity contribution in [3.05, 3.63) is 48.1 Å². The van der Waals surface area contributed by atoms with Crippen LogP contribution >= 0.6 is 0 Å². The Bertz CT molecular complexity index is 842. The number of nitrogens with zero attached hydrogens (tertiary/aromatic N) is 1. The van der Waals surface area contributed by atoms with E-state index in [9.17, 15) is 5.21 Å². The predicted octanol–water partition coefficient (Wildman–Crippen LogP) is 5.12. The molecule has 124 valence electrons. The molecule has 0 fully saturated rings. The second kappa shape index (κ2) is 4.85. The van der Waals surface area contributed by atoms with E-state index in [0.29, 0.717) is 0 Å². The second-order valence-corrected chi connectivity index (χ2v) is 7.92. The van der Waals surface area contributed by atoms with Gasteiger partial charge >= 0.3 is 0 Å². The van der Waals surface area contributed by atoms with Gasteiger partial charge in [0.05, 0.1) is 16.7 Å². The number of hydrogen-bond donors (Lipinski definition) is 1. The van der Waals surface area contributed by atoms with Gasteiger partial charge in [-0.05, 0) is 43.0 Å². The van der Waals surface area contributed by atoms with Gasteiger partial charge in [-0.2, -0.15) is 0 Å². The topological polar surface area (TPSA) is 32.5 Å². The molecule has 3 heteroatoms. The van der Waals surface area contributed by atoms with Crippen LogP contribution in [0, 0.1) is 5.41 Å². The average molecular weight is 322 g/mol. The Morgan fingerprint density at radius 1 is 1.33 bits per heavy atom. The van der Waals surface area contributed by atoms with Gasteiger partial charge < -0.3 is 4.74 Å². The van der Waals surface area contributed by atoms with Gasteiger partial charge in [0.15, 0.2) is 0 Å². The molecule has 0 amide bonds. The third-order valence-corrected chi connectivity index (χ3v) is 5.28. The van der Waals surface area contributed by atoms with E-state index in [1.54, 1.807) is 0 Å². The zero-order valence-electron chi connectivity index (χ0n) is 14.6. The highest BCUT2D eigenvalue weighted by Crippen LogP contribution is 2.48. The van der Waals surface area contributed by atoms with E-state index in [1.165, 1.54) is 10.3 Å². The fourth-order valence-electron chi connectivity index (χ4n) is 3.94. The maximum atomic E-state index is 10.8. The number of allylic oxidation sites excluding steroid dienone is 2. The standard InChI is InChI=1S/C21H24NO2/c1-5-10-21(4)12-8-15-18(24-21)7-6-14-16-13-20(2,3)11-9-17(16)22(23)19(14)15/h5-8,12-13,23H,1,9-11H2,2-4H3/q+1. The van der Waals surface area contributed by atoms with Crippen LogP contribution < -0.4 is 4.74 Å². The minimum atomic E-state index is -0.372. The molecule has 0 saturated carbocycles. The van der Waals surface area contributed by atoms with E-state index in [0.717, 1.165) is 47.5 Å². The summed E-state index contributed by atoms with van der Waals surface area (Å²) in [6.07, 6.45) is 11.0. The summed E-state index contributed by atoms with van der Waals surface area (Å²) in [6.45, 7) is 10.4. The van der Waals surface area contributed by atoms with Gasteiger partial charge in [-0.15, -0.1) is 6.58 Å². The first-order valence-electron chi connectivity index (χ1n) is 8.58. The molecule has 2 heterocycles. The molecule has 2 aliphatic heterocycles. The number of fused-ring (bicyclic) bond motifs is 5. The van der Waals surface area contributed by atoms with Crippen molar-refractivity contribution in [2.75, 3.05) is 0 Å². The van der Waals surface area contributed by atoms with Crippen molar-refractivity contribution in [1.29, 1.82) is 0 Å². The van der Waals surface area contributed by atoms with Crippen molar-refractivity contribution >= 4 is 23.0 Å². The lowest BCUT2D eigenvalue weighted by atomic mass is 9.77. The first kappa shape index (κ1) is 15.3. The van der Waals surface area contributed by atoms with Gasteiger partial charge in [0.1, 0.15) is 11.4 Å². The molecule has 0 bridgehead atoms. The zero-order chi connectivity index (χ0) is 17.1. The molecular weight excluding hydrogens is 298 g/mol. The molecule has 1 aromatic rings. The van der Waals surface area contributed by atoms with Crippen LogP contribution in [0.4, 0.5) is 5.69 Å². The van der Waals surface area contributed by atoms with Crippen LogP contribution in [0.2, 0.25) is 0 Å². The lowest BCUT2D eigenvalue weighted by Crippen LogP contribution is -2.31. The van der Waals surface area contributed by atoms with E-state index >= 15 is 0 Å². The molecule has 1 aromatic carbocycles. The van der Waals surface area contributed by atoms with Crippen molar-refractivity contribution in [1.82, 2.24) is 0 Å². The van der Waals surface area contributed by atoms with E-state index in [4.69, 9.17) is 4.74 Å². The van der Waals surface area contributed by atoms with Crippen molar-refractivity contribution in [2.45, 2.75) is 45.6 Å². The Morgan fingerprint density at radius 3 is 2.88 bits per heavy atom. The lowest BCUT2D eigenvalue weighted by Gasteiger charge is -2.30. The Kier molecular flexibility index (Phi) is 3.08. The summed E-state index contributed by atoms with van der Waals surface area (Å²) in [4.78, 5) is 0. The largest absolute Gasteiger partial charge is 0.482 e. The van der Waals surface area contributed by atoms with Crippen LogP contribution in [0.5, 0.6) is 5.75 Å². The van der Waals surface area contributed by atoms with Crippen LogP contribution in [0.3, 0.4) is 0 Å². The Morgan fingerprint density at radius 2 is 2.12 bits per heavy atom. The third kappa shape index (κ3) is 2.15. The van der Waals surface area contributed by atoms with E-state index in [-0.39, 0.29) is 11.0 Å². The Balaban J connectivity index is 1.87. The molecule has 1 unspecified atom stereocenters. The van der Waals surface area contributed by atoms with Crippen LogP contribution in [0.1, 0.15) is 51.2 Å². The fraction of sp³-hybridized carbons (Fsp3) is 0.381. The van der Waals surface area contributed by atoms with Crippen molar-refractivity contribution in [3.8, 4) is 5.75 Å². The van der Waals surface area contributed by atoms with Crippen molar-refractivity contribution in [2.24, 2.45) is 5.41 Å². The van der Waals surface area contributed by atoms with Crippen LogP contribution in [-0.4, -0.2) is 21.3 Å². The number of benzene rings is 1. The van der Waals surface area contributed by atoms with Gasteiger partial charge in [-0.3, -0.25) is 5.21 Å². The molecule has 0 spiro atoms. The molecule has 3 nitrogen and oxygen atoms in total. The molecule has 0 saturated heterocycles. The molecular formula is C21H24NO2+. The lowest BCUT2D eigenvalue weighted by molar-refractivity contribution is -0.711. The molecule has 1 atom stereocenters. The molecule has 1 N–H and O–H groups in total. The summed E-state index contributed by atoms with van der Waals surface area (Å²) in [5.74, 6) is 0.818. The molecule has 0 radical (unpaired) electrons. The maximum absolute atomic E-state index is 10.8. The van der Waals surface area contributed by atoms with Crippen LogP contribution in [-0.2, 0) is 0 Å². The highest BCUT2D eigenvalue weighted by molar-refractivity contribution is 6.26. The molecule has 3 aliphatic rings. The number of ether oxygens (including phenoxy) is 1. The highest BCUT2D eigenvalue weighted by atomic mass is 16.5. The normalized spacial score (nSPS) is 26.2. The summed E-state index contributed by atoms with van der Waals surface area (Å²) in [5, 5.41) is 10.8. The first-order valence-corrected chi connectivity index (χ1v) is 8.58. The number of hydrogen-bond acceptors (Lipinski definition) is 2. The average Bonchev–Trinajstić information content (AvgIpc) is 2.78. The zero-order valence-corrected chi connectivity index (χ0v) is 14.6. The van der Waals surface area contributed by atoms with Gasteiger partial charge in [0, 0.05) is 17.6 Å². The Labute approximate surface area is 143 Å². The van der Waals surface area contributed by atoms with Crippen LogP contribution in [0.25, 0.3) is 11.6 Å². The molecule has 0 aromatic heterocycles. The van der Waals surface area contributed by atoms with E-state index < -0.39 is 0 Å². The second-order valence-electron chi connectivity index (χ2n) is 7.92. The predicted molar refractivity (Wildman–Crippen MR) is 97.0 cm³/mol.